The van der Waals surface area contributed by atoms with E-state index < -0.39 is 6.10 Å². The van der Waals surface area contributed by atoms with Gasteiger partial charge in [0.25, 0.3) is 6.47 Å². The predicted molar refractivity (Wildman–Crippen MR) is 41.2 cm³/mol. The fourth-order valence-corrected chi connectivity index (χ4v) is 0.514. The molecule has 0 saturated carbocycles. The minimum Gasteiger partial charge on any atom is -0.465 e. The van der Waals surface area contributed by atoms with Crippen LogP contribution in [0.5, 0.6) is 0 Å². The summed E-state index contributed by atoms with van der Waals surface area (Å²) in [6.45, 7) is 3.79. The molecule has 3 nitrogen and oxygen atoms in total. The second-order valence-electron chi connectivity index (χ2n) is 2.26. The largest absolute Gasteiger partial charge is 0.465 e. The van der Waals surface area contributed by atoms with Gasteiger partial charge in [0.15, 0.2) is 0 Å². The Kier molecular flexibility index (Phi) is 5.84. The molecule has 0 unspecified atom stereocenters. The molecule has 3 heteroatoms. The van der Waals surface area contributed by atoms with E-state index in [-0.39, 0.29) is 6.10 Å². The molecule has 63 valence electrons. The summed E-state index contributed by atoms with van der Waals surface area (Å²) in [6.07, 6.45) is 4.25. The Hall–Kier alpha value is -0.570. The molecule has 3 radical (unpaired) electrons. The number of hydrogen-bond donors (Lipinski definition) is 1. The Morgan fingerprint density at radius 2 is 2.00 bits per heavy atom. The molecule has 11 heavy (non-hydrogen) atoms. The highest BCUT2D eigenvalue weighted by Crippen LogP contribution is 2.01. The number of hydrogen-bond acceptors (Lipinski definition) is 3. The van der Waals surface area contributed by atoms with E-state index in [1.807, 2.05) is 0 Å². The van der Waals surface area contributed by atoms with Crippen LogP contribution in [0.2, 0.25) is 0 Å². The summed E-state index contributed by atoms with van der Waals surface area (Å²) in [5.41, 5.74) is 0. The molecule has 0 aliphatic rings. The molecule has 0 aliphatic heterocycles. The molecule has 0 rings (SSSR count). The number of carbonyl (C=O) groups is 1. The highest BCUT2D eigenvalue weighted by molar-refractivity contribution is 5.37. The Bertz CT molecular complexity index is 102. The highest BCUT2D eigenvalue weighted by Gasteiger charge is 2.03. The van der Waals surface area contributed by atoms with Crippen molar-refractivity contribution in [2.75, 3.05) is 0 Å². The molecule has 1 N–H and O–H groups in total. The van der Waals surface area contributed by atoms with Gasteiger partial charge in [0.05, 0.1) is 6.10 Å². The summed E-state index contributed by atoms with van der Waals surface area (Å²) in [5.74, 6) is 0. The third kappa shape index (κ3) is 7.33. The van der Waals surface area contributed by atoms with Gasteiger partial charge in [-0.1, -0.05) is 0 Å². The van der Waals surface area contributed by atoms with Gasteiger partial charge in [0.1, 0.15) is 6.10 Å². The molecular weight excluding hydrogens is 144 g/mol. The van der Waals surface area contributed by atoms with Gasteiger partial charge in [0.2, 0.25) is 0 Å². The highest BCUT2D eigenvalue weighted by atomic mass is 16.5. The summed E-state index contributed by atoms with van der Waals surface area (Å²) in [6, 6.07) is 0. The van der Waals surface area contributed by atoms with Crippen LogP contribution in [-0.2, 0) is 9.53 Å². The molecular formula is C8H13O3. The fraction of sp³-hybridized carbons (Fsp3) is 0.500. The Morgan fingerprint density at radius 1 is 1.36 bits per heavy atom. The fourth-order valence-electron chi connectivity index (χ4n) is 0.514. The lowest BCUT2D eigenvalue weighted by atomic mass is 10.1. The topological polar surface area (TPSA) is 46.5 Å². The van der Waals surface area contributed by atoms with E-state index >= 15 is 0 Å². The molecule has 0 saturated heterocycles. The minimum absolute atomic E-state index is 0.234. The average molecular weight is 157 g/mol. The summed E-state index contributed by atoms with van der Waals surface area (Å²) in [4.78, 5) is 9.80. The molecule has 0 heterocycles. The number of carbonyl (C=O) groups excluding carboxylic acids is 1. The lowest BCUT2D eigenvalue weighted by molar-refractivity contribution is -0.131. The zero-order chi connectivity index (χ0) is 8.69. The van der Waals surface area contributed by atoms with Crippen molar-refractivity contribution >= 4 is 6.47 Å². The molecule has 0 aromatic rings. The lowest BCUT2D eigenvalue weighted by Crippen LogP contribution is -2.10. The standard InChI is InChI=1S/C8H13O3/c1-7(10)4-3-5-8(2)11-6-9/h3-8,10H,1-2H3/t7-,8+/m0/s1. The average Bonchev–Trinajstić information content (AvgIpc) is 1.87. The van der Waals surface area contributed by atoms with Crippen LogP contribution in [0.1, 0.15) is 13.8 Å². The van der Waals surface area contributed by atoms with Gasteiger partial charge in [-0.15, -0.1) is 0 Å². The number of ether oxygens (including phenoxy) is 1. The van der Waals surface area contributed by atoms with Crippen LogP contribution in [0, 0.1) is 19.3 Å². The van der Waals surface area contributed by atoms with Crippen molar-refractivity contribution in [3.05, 3.63) is 19.3 Å². The van der Waals surface area contributed by atoms with Gasteiger partial charge >= 0.3 is 0 Å². The van der Waals surface area contributed by atoms with Crippen molar-refractivity contribution in [2.24, 2.45) is 0 Å². The SMILES string of the molecule is C[C@H](O)[CH][CH][CH][C@@H](C)OC=O. The first-order valence-electron chi connectivity index (χ1n) is 3.45. The van der Waals surface area contributed by atoms with Gasteiger partial charge in [-0.05, 0) is 26.7 Å². The Balaban J connectivity index is 3.16. The van der Waals surface area contributed by atoms with Crippen molar-refractivity contribution in [1.29, 1.82) is 0 Å². The van der Waals surface area contributed by atoms with E-state index in [0.29, 0.717) is 6.47 Å². The molecule has 0 fully saturated rings. The maximum atomic E-state index is 9.80. The normalized spacial score (nSPS) is 15.5. The smallest absolute Gasteiger partial charge is 0.293 e. The predicted octanol–water partition coefficient (Wildman–Crippen LogP) is 0.542. The molecule has 0 amide bonds. The molecule has 2 atom stereocenters. The zero-order valence-corrected chi connectivity index (χ0v) is 6.73. The summed E-state index contributed by atoms with van der Waals surface area (Å²) in [7, 11) is 0. The van der Waals surface area contributed by atoms with Gasteiger partial charge < -0.3 is 9.84 Å². The van der Waals surface area contributed by atoms with Crippen LogP contribution in [0.15, 0.2) is 0 Å². The van der Waals surface area contributed by atoms with Crippen LogP contribution in [0.25, 0.3) is 0 Å². The Morgan fingerprint density at radius 3 is 2.45 bits per heavy atom. The second kappa shape index (κ2) is 6.16. The van der Waals surface area contributed by atoms with Crippen LogP contribution in [0.3, 0.4) is 0 Å². The van der Waals surface area contributed by atoms with E-state index in [0.717, 1.165) is 0 Å². The molecule has 0 aromatic heterocycles. The first-order chi connectivity index (χ1) is 5.16. The first kappa shape index (κ1) is 10.4. The monoisotopic (exact) mass is 157 g/mol. The van der Waals surface area contributed by atoms with E-state index in [1.54, 1.807) is 33.1 Å². The van der Waals surface area contributed by atoms with Crippen molar-refractivity contribution in [3.8, 4) is 0 Å². The van der Waals surface area contributed by atoms with Gasteiger partial charge in [-0.2, -0.15) is 0 Å². The van der Waals surface area contributed by atoms with Crippen LogP contribution in [-0.4, -0.2) is 23.8 Å². The summed E-state index contributed by atoms with van der Waals surface area (Å²) >= 11 is 0. The maximum absolute atomic E-state index is 9.80. The van der Waals surface area contributed by atoms with Crippen molar-refractivity contribution in [3.63, 3.8) is 0 Å². The van der Waals surface area contributed by atoms with E-state index in [9.17, 15) is 4.79 Å². The van der Waals surface area contributed by atoms with E-state index in [2.05, 4.69) is 4.74 Å². The van der Waals surface area contributed by atoms with Crippen LogP contribution >= 0.6 is 0 Å². The van der Waals surface area contributed by atoms with Crippen molar-refractivity contribution in [1.82, 2.24) is 0 Å². The van der Waals surface area contributed by atoms with Crippen molar-refractivity contribution < 1.29 is 14.6 Å². The molecule has 0 bridgehead atoms. The van der Waals surface area contributed by atoms with Gasteiger partial charge in [-0.3, -0.25) is 4.79 Å². The molecule has 0 aliphatic carbocycles. The second-order valence-corrected chi connectivity index (χ2v) is 2.26. The quantitative estimate of drug-likeness (QED) is 0.572. The number of aliphatic hydroxyl groups is 1. The van der Waals surface area contributed by atoms with Crippen LogP contribution < -0.4 is 0 Å². The summed E-state index contributed by atoms with van der Waals surface area (Å²) in [5, 5.41) is 8.78. The molecule has 0 aromatic carbocycles. The van der Waals surface area contributed by atoms with Crippen LogP contribution in [0.4, 0.5) is 0 Å². The summed E-state index contributed by atoms with van der Waals surface area (Å²) < 4.78 is 4.55. The third-order valence-corrected chi connectivity index (χ3v) is 1.04. The van der Waals surface area contributed by atoms with E-state index in [4.69, 9.17) is 5.11 Å². The first-order valence-corrected chi connectivity index (χ1v) is 3.45. The Labute approximate surface area is 67.4 Å². The number of aliphatic hydroxyl groups excluding tert-OH is 1. The zero-order valence-electron chi connectivity index (χ0n) is 6.73. The third-order valence-electron chi connectivity index (χ3n) is 1.04. The van der Waals surface area contributed by atoms with Gasteiger partial charge in [-0.25, -0.2) is 0 Å². The minimum atomic E-state index is -0.463. The van der Waals surface area contributed by atoms with Gasteiger partial charge in [0, 0.05) is 6.42 Å². The van der Waals surface area contributed by atoms with Crippen molar-refractivity contribution in [2.45, 2.75) is 26.1 Å². The molecule has 0 spiro atoms. The maximum Gasteiger partial charge on any atom is 0.293 e. The van der Waals surface area contributed by atoms with E-state index in [1.165, 1.54) is 0 Å². The lowest BCUT2D eigenvalue weighted by Gasteiger charge is -2.08. The number of rotatable bonds is 6.